The second kappa shape index (κ2) is 15.9. The van der Waals surface area contributed by atoms with E-state index >= 15 is 4.39 Å². The lowest BCUT2D eigenvalue weighted by Crippen LogP contribution is -2.32. The van der Waals surface area contributed by atoms with Gasteiger partial charge in [0.1, 0.15) is 5.82 Å². The van der Waals surface area contributed by atoms with Crippen LogP contribution in [0.2, 0.25) is 0 Å². The van der Waals surface area contributed by atoms with Gasteiger partial charge < -0.3 is 0 Å². The molecule has 3 aromatic rings. The zero-order valence-corrected chi connectivity index (χ0v) is 30.8. The van der Waals surface area contributed by atoms with Crippen LogP contribution in [0.5, 0.6) is 0 Å². The van der Waals surface area contributed by atoms with E-state index in [1.807, 2.05) is 6.07 Å². The zero-order chi connectivity index (χ0) is 37.4. The Hall–Kier alpha value is -2.18. The highest BCUT2D eigenvalue weighted by Gasteiger charge is 2.43. The average Bonchev–Trinajstić information content (AvgIpc) is 3.58. The summed E-state index contributed by atoms with van der Waals surface area (Å²) in [6.45, 7) is 1.73. The van der Waals surface area contributed by atoms with E-state index in [9.17, 15) is 39.5 Å². The summed E-state index contributed by atoms with van der Waals surface area (Å²) in [5, 5.41) is 0.745. The Balaban J connectivity index is 1.48. The van der Waals surface area contributed by atoms with Crippen molar-refractivity contribution in [1.29, 1.82) is 0 Å². The van der Waals surface area contributed by atoms with Gasteiger partial charge in [0, 0.05) is 0 Å². The number of rotatable bonds is 8. The lowest BCUT2D eigenvalue weighted by atomic mass is 9.87. The molecule has 3 aliphatic rings. The van der Waals surface area contributed by atoms with Crippen LogP contribution in [-0.2, 0) is 18.5 Å². The quantitative estimate of drug-likeness (QED) is 0.158. The third-order valence-electron chi connectivity index (χ3n) is 11.5. The van der Waals surface area contributed by atoms with E-state index in [1.54, 1.807) is 6.92 Å². The summed E-state index contributed by atoms with van der Waals surface area (Å²) in [5.41, 5.74) is -2.73. The molecule has 0 bridgehead atoms. The van der Waals surface area contributed by atoms with Crippen LogP contribution >= 0.6 is 15.8 Å². The van der Waals surface area contributed by atoms with E-state index in [0.717, 1.165) is 18.9 Å². The molecular formula is C40H44F10P2. The van der Waals surface area contributed by atoms with Crippen LogP contribution in [0.3, 0.4) is 0 Å². The molecule has 4 unspecified atom stereocenters. The first-order chi connectivity index (χ1) is 24.5. The van der Waals surface area contributed by atoms with E-state index < -0.39 is 62.5 Å². The van der Waals surface area contributed by atoms with Crippen molar-refractivity contribution in [2.45, 2.75) is 132 Å². The zero-order valence-electron chi connectivity index (χ0n) is 29.0. The van der Waals surface area contributed by atoms with Gasteiger partial charge in [-0.05, 0) is 133 Å². The third-order valence-corrected chi connectivity index (χ3v) is 17.9. The molecule has 3 fully saturated rings. The maximum atomic E-state index is 15.0. The maximum Gasteiger partial charge on any atom is 0.416 e. The summed E-state index contributed by atoms with van der Waals surface area (Å²) >= 11 is 0. The Morgan fingerprint density at radius 2 is 1.04 bits per heavy atom. The van der Waals surface area contributed by atoms with Crippen molar-refractivity contribution in [2.24, 2.45) is 5.92 Å². The van der Waals surface area contributed by atoms with E-state index in [-0.39, 0.29) is 28.5 Å². The number of hydrogen-bond donors (Lipinski definition) is 0. The Morgan fingerprint density at radius 3 is 1.56 bits per heavy atom. The highest BCUT2D eigenvalue weighted by Crippen LogP contribution is 2.58. The Bertz CT molecular complexity index is 1620. The van der Waals surface area contributed by atoms with Crippen LogP contribution < -0.4 is 15.9 Å². The Labute approximate surface area is 301 Å². The Morgan fingerprint density at radius 1 is 0.558 bits per heavy atom. The molecule has 0 spiro atoms. The summed E-state index contributed by atoms with van der Waals surface area (Å²) in [7, 11) is -2.88. The normalized spacial score (nSPS) is 22.5. The van der Waals surface area contributed by atoms with Crippen molar-refractivity contribution in [3.05, 3.63) is 88.7 Å². The molecule has 0 N–H and O–H groups in total. The van der Waals surface area contributed by atoms with Gasteiger partial charge >= 0.3 is 18.5 Å². The summed E-state index contributed by atoms with van der Waals surface area (Å²) in [6.07, 6.45) is -1.27. The topological polar surface area (TPSA) is 0 Å². The molecule has 6 rings (SSSR count). The highest BCUT2D eigenvalue weighted by molar-refractivity contribution is 7.73. The fourth-order valence-corrected chi connectivity index (χ4v) is 16.3. The summed E-state index contributed by atoms with van der Waals surface area (Å²) in [5.74, 6) is -1.59. The number of halogens is 10. The van der Waals surface area contributed by atoms with E-state index in [2.05, 4.69) is 18.2 Å². The molecule has 0 aliphatic heterocycles. The number of alkyl halides is 9. The molecule has 12 heteroatoms. The van der Waals surface area contributed by atoms with Gasteiger partial charge in [0.05, 0.1) is 16.7 Å². The maximum absolute atomic E-state index is 15.0. The van der Waals surface area contributed by atoms with Gasteiger partial charge in [-0.15, -0.1) is 0 Å². The van der Waals surface area contributed by atoms with Crippen LogP contribution in [0.15, 0.2) is 60.7 Å². The van der Waals surface area contributed by atoms with Gasteiger partial charge in [0.25, 0.3) is 0 Å². The molecule has 0 nitrogen and oxygen atoms in total. The molecule has 0 amide bonds. The number of hydrogen-bond acceptors (Lipinski definition) is 0. The minimum atomic E-state index is -5.15. The van der Waals surface area contributed by atoms with Crippen molar-refractivity contribution >= 4 is 31.8 Å². The van der Waals surface area contributed by atoms with E-state index in [1.165, 1.54) is 75.1 Å². The minimum Gasteiger partial charge on any atom is -0.207 e. The fourth-order valence-electron chi connectivity index (χ4n) is 9.16. The lowest BCUT2D eigenvalue weighted by molar-refractivity contribution is -0.143. The molecule has 284 valence electrons. The van der Waals surface area contributed by atoms with E-state index in [4.69, 9.17) is 0 Å². The molecule has 0 aromatic heterocycles. The van der Waals surface area contributed by atoms with Crippen molar-refractivity contribution in [1.82, 2.24) is 0 Å². The molecule has 52 heavy (non-hydrogen) atoms. The predicted octanol–water partition coefficient (Wildman–Crippen LogP) is 13.1. The monoisotopic (exact) mass is 776 g/mol. The number of benzene rings is 3. The van der Waals surface area contributed by atoms with Gasteiger partial charge in [-0.25, -0.2) is 4.39 Å². The van der Waals surface area contributed by atoms with Crippen molar-refractivity contribution in [2.75, 3.05) is 0 Å². The van der Waals surface area contributed by atoms with Crippen LogP contribution in [0.1, 0.15) is 119 Å². The van der Waals surface area contributed by atoms with Crippen LogP contribution in [0.4, 0.5) is 43.9 Å². The third kappa shape index (κ3) is 8.85. The molecule has 0 saturated heterocycles. The molecular weight excluding hydrogens is 732 g/mol. The van der Waals surface area contributed by atoms with Gasteiger partial charge in [-0.2, -0.15) is 39.5 Å². The van der Waals surface area contributed by atoms with Crippen molar-refractivity contribution in [3.8, 4) is 0 Å². The Kier molecular flexibility index (Phi) is 12.1. The standard InChI is InChI=1S/C40H44F10P2/c1-25(34-16-10-17-35(34)36-15-8-9-18-37(36)52(30-11-4-2-5-12-30)31-13-6-3-7-14-31)51(33-23-28(40(48,49)50)20-29(41)24-33)32-21-26(38(42,43)44)19-27(22-32)39(45,46)47/h8-9,15,18-25,30-31,34-35H,2-7,10-14,16-17H2,1H3. The molecule has 3 saturated carbocycles. The largest absolute Gasteiger partial charge is 0.416 e. The molecule has 0 heterocycles. The van der Waals surface area contributed by atoms with E-state index in [0.29, 0.717) is 42.0 Å². The average molecular weight is 777 g/mol. The second-order valence-corrected chi connectivity index (χ2v) is 20.2. The first-order valence-corrected chi connectivity index (χ1v) is 21.2. The van der Waals surface area contributed by atoms with Gasteiger partial charge in [0.2, 0.25) is 0 Å². The van der Waals surface area contributed by atoms with Gasteiger partial charge in [0.15, 0.2) is 0 Å². The second-order valence-electron chi connectivity index (χ2n) is 14.8. The van der Waals surface area contributed by atoms with Crippen molar-refractivity contribution < 1.29 is 43.9 Å². The predicted molar refractivity (Wildman–Crippen MR) is 190 cm³/mol. The van der Waals surface area contributed by atoms with Crippen LogP contribution in [-0.4, -0.2) is 17.0 Å². The molecule has 3 aromatic carbocycles. The SMILES string of the molecule is CC(C1CCCC1c1ccccc1P(C1CCCCC1)C1CCCCC1)P(c1cc(F)cc(C(F)(F)F)c1)c1cc(C(F)(F)F)cc(C(F)(F)F)c1. The minimum absolute atomic E-state index is 0.0296. The molecule has 4 atom stereocenters. The van der Waals surface area contributed by atoms with Gasteiger partial charge in [-0.3, -0.25) is 0 Å². The summed E-state index contributed by atoms with van der Waals surface area (Å²) in [6, 6.07) is 11.6. The summed E-state index contributed by atoms with van der Waals surface area (Å²) < 4.78 is 142. The molecule has 3 aliphatic carbocycles. The highest BCUT2D eigenvalue weighted by atomic mass is 31.1. The van der Waals surface area contributed by atoms with Gasteiger partial charge in [-0.1, -0.05) is 84.1 Å². The summed E-state index contributed by atoms with van der Waals surface area (Å²) in [4.78, 5) is 0. The van der Waals surface area contributed by atoms with Crippen LogP contribution in [0.25, 0.3) is 0 Å². The van der Waals surface area contributed by atoms with Crippen LogP contribution in [0, 0.1) is 11.7 Å². The fraction of sp³-hybridized carbons (Fsp3) is 0.550. The van der Waals surface area contributed by atoms with Crippen molar-refractivity contribution in [3.63, 3.8) is 0 Å². The lowest BCUT2D eigenvalue weighted by Gasteiger charge is -2.41. The molecule has 0 radical (unpaired) electrons. The first kappa shape index (κ1) is 39.5. The first-order valence-electron chi connectivity index (χ1n) is 18.4. The smallest absolute Gasteiger partial charge is 0.207 e.